The highest BCUT2D eigenvalue weighted by molar-refractivity contribution is 7.91. The Labute approximate surface area is 157 Å². The molecule has 2 aromatic rings. The number of hydrogen-bond donors (Lipinski definition) is 0. The fourth-order valence-corrected chi connectivity index (χ4v) is 4.05. The van der Waals surface area contributed by atoms with Crippen LogP contribution in [0.15, 0.2) is 88.9 Å². The zero-order valence-corrected chi connectivity index (χ0v) is 15.8. The van der Waals surface area contributed by atoms with Crippen molar-refractivity contribution < 1.29 is 13.2 Å². The predicted octanol–water partition coefficient (Wildman–Crippen LogP) is 5.85. The average molecular weight is 395 g/mol. The molecule has 0 saturated carbocycles. The second-order valence-electron chi connectivity index (χ2n) is 4.96. The molecule has 2 aromatic carbocycles. The molecule has 0 aliphatic carbocycles. The largest absolute Gasteiger partial charge is 0.457 e. The van der Waals surface area contributed by atoms with Gasteiger partial charge in [0.05, 0.1) is 14.8 Å². The molecule has 0 aliphatic rings. The smallest absolute Gasteiger partial charge is 0.208 e. The third-order valence-corrected chi connectivity index (χ3v) is 5.65. The summed E-state index contributed by atoms with van der Waals surface area (Å²) in [5.41, 5.74) is 0. The first-order valence-corrected chi connectivity index (χ1v) is 9.56. The molecule has 0 unspecified atom stereocenters. The Hall–Kier alpha value is -2.01. The topological polar surface area (TPSA) is 43.4 Å². The Balaban J connectivity index is 2.34. The van der Waals surface area contributed by atoms with Crippen LogP contribution in [-0.4, -0.2) is 8.42 Å². The SMILES string of the molecule is C=C/C=C(\C=C/C)Oc1ccc(S(=O)(=O)c2cc(Cl)ccc2Cl)cc1. The maximum atomic E-state index is 12.7. The van der Waals surface area contributed by atoms with Gasteiger partial charge in [0, 0.05) is 5.02 Å². The molecular formula is C19H16Cl2O3S. The van der Waals surface area contributed by atoms with Crippen LogP contribution < -0.4 is 4.74 Å². The molecule has 0 radical (unpaired) electrons. The van der Waals surface area contributed by atoms with Gasteiger partial charge in [-0.25, -0.2) is 8.42 Å². The molecule has 0 amide bonds. The van der Waals surface area contributed by atoms with E-state index in [-0.39, 0.29) is 14.8 Å². The van der Waals surface area contributed by atoms with Crippen molar-refractivity contribution in [3.63, 3.8) is 0 Å². The Morgan fingerprint density at radius 3 is 2.40 bits per heavy atom. The van der Waals surface area contributed by atoms with Crippen LogP contribution in [-0.2, 0) is 9.84 Å². The van der Waals surface area contributed by atoms with Crippen molar-refractivity contribution in [1.82, 2.24) is 0 Å². The van der Waals surface area contributed by atoms with E-state index >= 15 is 0 Å². The molecule has 0 heterocycles. The van der Waals surface area contributed by atoms with Crippen molar-refractivity contribution in [2.24, 2.45) is 0 Å². The van der Waals surface area contributed by atoms with Gasteiger partial charge < -0.3 is 4.74 Å². The standard InChI is InChI=1S/C19H16Cl2O3S/c1-3-5-15(6-4-2)24-16-8-10-17(11-9-16)25(22,23)19-13-14(20)7-12-18(19)21/h3-13H,1H2,2H3/b6-4-,15-5+. The van der Waals surface area contributed by atoms with Gasteiger partial charge in [-0.05, 0) is 61.5 Å². The molecule has 0 N–H and O–H groups in total. The Bertz CT molecular complexity index is 928. The van der Waals surface area contributed by atoms with E-state index in [1.165, 1.54) is 30.3 Å². The van der Waals surface area contributed by atoms with Crippen molar-refractivity contribution in [1.29, 1.82) is 0 Å². The molecule has 0 aromatic heterocycles. The minimum absolute atomic E-state index is 0.0310. The van der Waals surface area contributed by atoms with Crippen molar-refractivity contribution in [3.8, 4) is 5.75 Å². The number of halogens is 2. The molecule has 0 bridgehead atoms. The summed E-state index contributed by atoms with van der Waals surface area (Å²) in [6.07, 6.45) is 6.92. The molecule has 0 atom stereocenters. The van der Waals surface area contributed by atoms with Gasteiger partial charge in [0.15, 0.2) is 0 Å². The summed E-state index contributed by atoms with van der Waals surface area (Å²) in [7, 11) is -3.77. The van der Waals surface area contributed by atoms with Crippen molar-refractivity contribution in [2.75, 3.05) is 0 Å². The fraction of sp³-hybridized carbons (Fsp3) is 0.0526. The van der Waals surface area contributed by atoms with Gasteiger partial charge >= 0.3 is 0 Å². The van der Waals surface area contributed by atoms with Gasteiger partial charge in [-0.3, -0.25) is 0 Å². The molecule has 25 heavy (non-hydrogen) atoms. The molecule has 130 valence electrons. The van der Waals surface area contributed by atoms with Crippen LogP contribution in [0.25, 0.3) is 0 Å². The fourth-order valence-electron chi connectivity index (χ4n) is 2.04. The zero-order valence-electron chi connectivity index (χ0n) is 13.4. The molecule has 3 nitrogen and oxygen atoms in total. The summed E-state index contributed by atoms with van der Waals surface area (Å²) in [6.45, 7) is 5.49. The van der Waals surface area contributed by atoms with E-state index in [0.29, 0.717) is 16.5 Å². The second kappa shape index (κ2) is 8.39. The Morgan fingerprint density at radius 1 is 1.12 bits per heavy atom. The molecule has 6 heteroatoms. The van der Waals surface area contributed by atoms with Gasteiger partial charge in [0.1, 0.15) is 11.5 Å². The summed E-state index contributed by atoms with van der Waals surface area (Å²) in [6, 6.07) is 10.4. The summed E-state index contributed by atoms with van der Waals surface area (Å²) in [5, 5.41) is 0.419. The lowest BCUT2D eigenvalue weighted by atomic mass is 10.3. The highest BCUT2D eigenvalue weighted by Crippen LogP contribution is 2.31. The Kier molecular flexibility index (Phi) is 6.48. The third kappa shape index (κ3) is 4.75. The van der Waals surface area contributed by atoms with Gasteiger partial charge in [-0.2, -0.15) is 0 Å². The van der Waals surface area contributed by atoms with Crippen molar-refractivity contribution in [3.05, 3.63) is 89.2 Å². The minimum atomic E-state index is -3.77. The van der Waals surface area contributed by atoms with Crippen LogP contribution in [0.2, 0.25) is 10.0 Å². The lowest BCUT2D eigenvalue weighted by Gasteiger charge is -2.09. The summed E-state index contributed by atoms with van der Waals surface area (Å²) >= 11 is 11.9. The van der Waals surface area contributed by atoms with Crippen molar-refractivity contribution >= 4 is 33.0 Å². The van der Waals surface area contributed by atoms with Gasteiger partial charge in [0.2, 0.25) is 9.84 Å². The van der Waals surface area contributed by atoms with E-state index in [1.54, 1.807) is 30.4 Å². The van der Waals surface area contributed by atoms with E-state index < -0.39 is 9.84 Å². The molecule has 0 saturated heterocycles. The first-order valence-electron chi connectivity index (χ1n) is 7.32. The lowest BCUT2D eigenvalue weighted by molar-refractivity contribution is 0.444. The number of rotatable bonds is 6. The second-order valence-corrected chi connectivity index (χ2v) is 7.72. The molecular weight excluding hydrogens is 379 g/mol. The lowest BCUT2D eigenvalue weighted by Crippen LogP contribution is -2.03. The first kappa shape index (κ1) is 19.3. The van der Waals surface area contributed by atoms with Gasteiger partial charge in [-0.15, -0.1) is 0 Å². The number of sulfone groups is 1. The quantitative estimate of drug-likeness (QED) is 0.455. The van der Waals surface area contributed by atoms with Gasteiger partial charge in [-0.1, -0.05) is 41.9 Å². The highest BCUT2D eigenvalue weighted by Gasteiger charge is 2.21. The number of hydrogen-bond acceptors (Lipinski definition) is 3. The first-order chi connectivity index (χ1) is 11.9. The summed E-state index contributed by atoms with van der Waals surface area (Å²) < 4.78 is 31.1. The van der Waals surface area contributed by atoms with Crippen LogP contribution in [0.1, 0.15) is 6.92 Å². The Morgan fingerprint density at radius 2 is 1.80 bits per heavy atom. The molecule has 2 rings (SSSR count). The van der Waals surface area contributed by atoms with Crippen LogP contribution in [0.3, 0.4) is 0 Å². The number of benzene rings is 2. The molecule has 0 aliphatic heterocycles. The molecule has 0 spiro atoms. The third-order valence-electron chi connectivity index (χ3n) is 3.17. The van der Waals surface area contributed by atoms with Gasteiger partial charge in [0.25, 0.3) is 0 Å². The maximum absolute atomic E-state index is 12.7. The van der Waals surface area contributed by atoms with E-state index in [1.807, 2.05) is 13.0 Å². The predicted molar refractivity (Wildman–Crippen MR) is 102 cm³/mol. The van der Waals surface area contributed by atoms with Crippen LogP contribution in [0.5, 0.6) is 5.75 Å². The van der Waals surface area contributed by atoms with E-state index in [2.05, 4.69) is 6.58 Å². The normalized spacial score (nSPS) is 12.4. The molecule has 0 fully saturated rings. The number of allylic oxidation sites excluding steroid dienone is 4. The zero-order chi connectivity index (χ0) is 18.4. The highest BCUT2D eigenvalue weighted by atomic mass is 35.5. The average Bonchev–Trinajstić information content (AvgIpc) is 2.58. The summed E-state index contributed by atoms with van der Waals surface area (Å²) in [4.78, 5) is 0.0702. The monoisotopic (exact) mass is 394 g/mol. The minimum Gasteiger partial charge on any atom is -0.457 e. The van der Waals surface area contributed by atoms with Crippen LogP contribution in [0, 0.1) is 0 Å². The number of ether oxygens (including phenoxy) is 1. The maximum Gasteiger partial charge on any atom is 0.208 e. The summed E-state index contributed by atoms with van der Waals surface area (Å²) in [5.74, 6) is 1.09. The van der Waals surface area contributed by atoms with E-state index in [4.69, 9.17) is 27.9 Å². The van der Waals surface area contributed by atoms with E-state index in [9.17, 15) is 8.42 Å². The van der Waals surface area contributed by atoms with Crippen LogP contribution in [0.4, 0.5) is 0 Å². The van der Waals surface area contributed by atoms with E-state index in [0.717, 1.165) is 0 Å². The van der Waals surface area contributed by atoms with Crippen LogP contribution >= 0.6 is 23.2 Å². The van der Waals surface area contributed by atoms with Crippen molar-refractivity contribution in [2.45, 2.75) is 16.7 Å².